The van der Waals surface area contributed by atoms with Gasteiger partial charge in [0, 0.05) is 97.6 Å². The maximum atomic E-state index is 13.6. The summed E-state index contributed by atoms with van der Waals surface area (Å²) in [5, 5.41) is 65.4. The number of aliphatic hydroxyl groups excluding tert-OH is 1. The van der Waals surface area contributed by atoms with Crippen molar-refractivity contribution >= 4 is 60.5 Å². The van der Waals surface area contributed by atoms with Crippen LogP contribution in [-0.2, 0) is 40.1 Å². The standard InChI is InChI=1S/C42H69BN12O14/c1-50(23-29-7-9-30(10-8-29)40(66)48-22-36(59)55-24-31(56)21-33(55)43(68)69)35(58)6-2-3-11-46-41(67)32(5-4-12-47-42(44)45)49-34(57)25-51-13-15-52(26-37(60)61)17-19-54(28-39(64)65)20-18-53(16-14-51)27-38(62)63/h7-10,31-33,56,68-69H,2-6,11-28H2,1H3,(H,46,67)(H,48,66)(H,49,57)(H,60,61)(H,62,63)(H,64,65)(H4,44,45,47)/t31-,32-,33-/m0/s1. The predicted octanol–water partition coefficient (Wildman–Crippen LogP) is -5.35. The highest BCUT2D eigenvalue weighted by Crippen LogP contribution is 2.19. The number of amides is 5. The zero-order valence-electron chi connectivity index (χ0n) is 39.1. The molecule has 384 valence electrons. The first kappa shape index (κ1) is 57.4. The van der Waals surface area contributed by atoms with Crippen molar-refractivity contribution < 1.29 is 68.8 Å². The van der Waals surface area contributed by atoms with E-state index in [9.17, 15) is 68.8 Å². The first-order chi connectivity index (χ1) is 32.7. The number of β-amino-alcohol motifs (C(OH)–C–C–N with tert-alkyl or cyclic N) is 1. The van der Waals surface area contributed by atoms with Gasteiger partial charge < -0.3 is 67.7 Å². The molecule has 2 aliphatic rings. The number of unbranched alkanes of at least 4 members (excludes halogenated alkanes) is 1. The summed E-state index contributed by atoms with van der Waals surface area (Å²) in [4.78, 5) is 113. The van der Waals surface area contributed by atoms with Crippen LogP contribution in [0.1, 0.15) is 54.4 Å². The monoisotopic (exact) mass is 977 g/mol. The van der Waals surface area contributed by atoms with Crippen molar-refractivity contribution in [1.82, 2.24) is 45.3 Å². The molecule has 5 amide bonds. The number of aliphatic hydroxyl groups is 1. The Labute approximate surface area is 400 Å². The molecule has 2 saturated heterocycles. The number of nitrogens with one attached hydrogen (secondary N) is 3. The summed E-state index contributed by atoms with van der Waals surface area (Å²) in [6, 6.07) is 5.44. The molecule has 0 spiro atoms. The molecule has 3 atom stereocenters. The van der Waals surface area contributed by atoms with Gasteiger partial charge in [-0.25, -0.2) is 0 Å². The lowest BCUT2D eigenvalue weighted by atomic mass is 9.77. The number of rotatable bonds is 25. The SMILES string of the molecule is CN(Cc1ccc(C(=O)NCC(=O)N2C[C@@H](O)C[C@H]2B(O)O)cc1)C(=O)CCCCNC(=O)[C@H](CCCN=C(N)N)NC(=O)CN1CCN(CC(=O)O)CCN(CC(=O)O)CCN(CC(=O)O)CC1. The zero-order valence-corrected chi connectivity index (χ0v) is 39.1. The van der Waals surface area contributed by atoms with Crippen molar-refractivity contribution in [3.05, 3.63) is 35.4 Å². The lowest BCUT2D eigenvalue weighted by Gasteiger charge is -2.33. The average Bonchev–Trinajstić information content (AvgIpc) is 3.68. The van der Waals surface area contributed by atoms with Crippen LogP contribution in [0.25, 0.3) is 0 Å². The second-order valence-corrected chi connectivity index (χ2v) is 17.1. The van der Waals surface area contributed by atoms with Crippen molar-refractivity contribution in [2.75, 3.05) is 112 Å². The number of carboxylic acids is 3. The Morgan fingerprint density at radius 1 is 0.768 bits per heavy atom. The highest BCUT2D eigenvalue weighted by atomic mass is 16.4. The Bertz CT molecular complexity index is 1880. The molecule has 0 unspecified atom stereocenters. The number of carbonyl (C=O) groups is 8. The molecule has 0 bridgehead atoms. The minimum absolute atomic E-state index is 0.00983. The molecule has 13 N–H and O–H groups in total. The third-order valence-corrected chi connectivity index (χ3v) is 11.5. The fourth-order valence-electron chi connectivity index (χ4n) is 7.82. The van der Waals surface area contributed by atoms with Gasteiger partial charge in [0.05, 0.1) is 44.8 Å². The molecule has 0 aromatic heterocycles. The number of nitrogens with two attached hydrogens (primary N) is 2. The summed E-state index contributed by atoms with van der Waals surface area (Å²) >= 11 is 0. The van der Waals surface area contributed by atoms with E-state index in [4.69, 9.17) is 11.5 Å². The van der Waals surface area contributed by atoms with E-state index in [1.54, 1.807) is 50.9 Å². The second kappa shape index (κ2) is 29.8. The van der Waals surface area contributed by atoms with E-state index in [1.165, 1.54) is 4.90 Å². The molecule has 69 heavy (non-hydrogen) atoms. The molecule has 3 rings (SSSR count). The van der Waals surface area contributed by atoms with Crippen LogP contribution in [0.3, 0.4) is 0 Å². The average molecular weight is 977 g/mol. The van der Waals surface area contributed by atoms with Crippen molar-refractivity contribution in [3.8, 4) is 0 Å². The number of carbonyl (C=O) groups excluding carboxylic acids is 5. The Kier molecular flexibility index (Phi) is 24.8. The predicted molar refractivity (Wildman–Crippen MR) is 249 cm³/mol. The highest BCUT2D eigenvalue weighted by molar-refractivity contribution is 6.43. The van der Waals surface area contributed by atoms with Crippen LogP contribution in [0.5, 0.6) is 0 Å². The Morgan fingerprint density at radius 2 is 1.29 bits per heavy atom. The summed E-state index contributed by atoms with van der Waals surface area (Å²) in [5.41, 5.74) is 11.9. The highest BCUT2D eigenvalue weighted by Gasteiger charge is 2.41. The van der Waals surface area contributed by atoms with Crippen molar-refractivity contribution in [2.24, 2.45) is 16.5 Å². The first-order valence-corrected chi connectivity index (χ1v) is 22.8. The van der Waals surface area contributed by atoms with Gasteiger partial charge in [0.15, 0.2) is 5.96 Å². The Hall–Kier alpha value is -5.97. The number of aliphatic imine (C=N–C) groups is 1. The molecular weight excluding hydrogens is 907 g/mol. The van der Waals surface area contributed by atoms with Crippen molar-refractivity contribution in [1.29, 1.82) is 0 Å². The van der Waals surface area contributed by atoms with E-state index >= 15 is 0 Å². The summed E-state index contributed by atoms with van der Waals surface area (Å²) in [7, 11) is -0.195. The molecule has 2 heterocycles. The van der Waals surface area contributed by atoms with E-state index in [0.29, 0.717) is 19.3 Å². The zero-order chi connectivity index (χ0) is 51.0. The van der Waals surface area contributed by atoms with Gasteiger partial charge in [-0.1, -0.05) is 12.1 Å². The number of nitrogens with zero attached hydrogens (tertiary/aromatic N) is 7. The third-order valence-electron chi connectivity index (χ3n) is 11.5. The maximum absolute atomic E-state index is 13.6. The number of aliphatic carboxylic acids is 3. The topological polar surface area (TPSA) is 378 Å². The van der Waals surface area contributed by atoms with Crippen LogP contribution in [0.15, 0.2) is 29.3 Å². The van der Waals surface area contributed by atoms with Crippen LogP contribution in [0.2, 0.25) is 0 Å². The fourth-order valence-corrected chi connectivity index (χ4v) is 7.82. The van der Waals surface area contributed by atoms with Gasteiger partial charge in [-0.05, 0) is 49.8 Å². The third kappa shape index (κ3) is 22.3. The maximum Gasteiger partial charge on any atom is 0.475 e. The molecule has 26 nitrogen and oxygen atoms in total. The lowest BCUT2D eigenvalue weighted by Crippen LogP contribution is -2.52. The van der Waals surface area contributed by atoms with E-state index in [-0.39, 0.29) is 141 Å². The van der Waals surface area contributed by atoms with Gasteiger partial charge in [0.25, 0.3) is 5.91 Å². The van der Waals surface area contributed by atoms with Gasteiger partial charge in [-0.2, -0.15) is 0 Å². The van der Waals surface area contributed by atoms with E-state index in [1.807, 2.05) is 0 Å². The van der Waals surface area contributed by atoms with Crippen LogP contribution < -0.4 is 27.4 Å². The summed E-state index contributed by atoms with van der Waals surface area (Å²) in [6.45, 7) is 0.680. The van der Waals surface area contributed by atoms with Crippen LogP contribution in [-0.4, -0.2) is 250 Å². The molecule has 1 aromatic rings. The van der Waals surface area contributed by atoms with Crippen molar-refractivity contribution in [2.45, 2.75) is 63.2 Å². The van der Waals surface area contributed by atoms with Crippen LogP contribution in [0, 0.1) is 0 Å². The summed E-state index contributed by atoms with van der Waals surface area (Å²) in [5.74, 6) is -6.60. The lowest BCUT2D eigenvalue weighted by molar-refractivity contribution is -0.140. The quantitative estimate of drug-likeness (QED) is 0.0189. The molecule has 0 aliphatic carbocycles. The van der Waals surface area contributed by atoms with E-state index in [0.717, 1.165) is 10.5 Å². The van der Waals surface area contributed by atoms with E-state index < -0.39 is 73.3 Å². The van der Waals surface area contributed by atoms with Gasteiger partial charge in [0.1, 0.15) is 6.04 Å². The van der Waals surface area contributed by atoms with Crippen LogP contribution >= 0.6 is 0 Å². The molecule has 2 fully saturated rings. The van der Waals surface area contributed by atoms with Gasteiger partial charge in [0.2, 0.25) is 23.6 Å². The largest absolute Gasteiger partial charge is 0.480 e. The summed E-state index contributed by atoms with van der Waals surface area (Å²) < 4.78 is 0. The number of guanidine groups is 1. The van der Waals surface area contributed by atoms with Gasteiger partial charge in [-0.15, -0.1) is 0 Å². The molecule has 27 heteroatoms. The number of hydrogen-bond acceptors (Lipinski definition) is 16. The number of likely N-dealkylation sites (tertiary alicyclic amines) is 1. The van der Waals surface area contributed by atoms with Gasteiger partial charge >= 0.3 is 25.0 Å². The number of benzene rings is 1. The minimum Gasteiger partial charge on any atom is -0.480 e. The molecular formula is C42H69BN12O14. The minimum atomic E-state index is -1.83. The number of hydrogen-bond donors (Lipinski definition) is 11. The molecule has 0 radical (unpaired) electrons. The fraction of sp³-hybridized carbons (Fsp3) is 0.643. The Balaban J connectivity index is 1.51. The first-order valence-electron chi connectivity index (χ1n) is 22.8. The molecule has 2 aliphatic heterocycles. The normalized spacial score (nSPS) is 18.2. The van der Waals surface area contributed by atoms with E-state index in [2.05, 4.69) is 20.9 Å². The summed E-state index contributed by atoms with van der Waals surface area (Å²) in [6.07, 6.45) is 0.672. The van der Waals surface area contributed by atoms with Crippen LogP contribution in [0.4, 0.5) is 0 Å². The van der Waals surface area contributed by atoms with Gasteiger partial charge in [-0.3, -0.25) is 62.9 Å². The second-order valence-electron chi connectivity index (χ2n) is 17.1. The van der Waals surface area contributed by atoms with Crippen molar-refractivity contribution in [3.63, 3.8) is 0 Å². The number of carboxylic acid groups (broad SMARTS) is 3. The smallest absolute Gasteiger partial charge is 0.475 e. The molecule has 1 aromatic carbocycles. The molecule has 0 saturated carbocycles. The Morgan fingerprint density at radius 3 is 1.78 bits per heavy atom.